The van der Waals surface area contributed by atoms with Gasteiger partial charge in [-0.2, -0.15) is 0 Å². The Morgan fingerprint density at radius 3 is 2.60 bits per heavy atom. The van der Waals surface area contributed by atoms with Gasteiger partial charge in [0.15, 0.2) is 5.79 Å². The first-order valence-corrected chi connectivity index (χ1v) is 9.58. The summed E-state index contributed by atoms with van der Waals surface area (Å²) in [5, 5.41) is 3.53. The molecule has 1 amide bonds. The van der Waals surface area contributed by atoms with Crippen molar-refractivity contribution in [2.45, 2.75) is 43.9 Å². The summed E-state index contributed by atoms with van der Waals surface area (Å²) in [4.78, 5) is 14.8. The normalized spacial score (nSPS) is 26.9. The molecule has 1 atom stereocenters. The minimum absolute atomic E-state index is 0.244. The average Bonchev–Trinajstić information content (AvgIpc) is 3.13. The van der Waals surface area contributed by atoms with E-state index in [1.54, 1.807) is 0 Å². The van der Waals surface area contributed by atoms with Gasteiger partial charge in [0.25, 0.3) is 0 Å². The van der Waals surface area contributed by atoms with Crippen LogP contribution in [0.25, 0.3) is 0 Å². The van der Waals surface area contributed by atoms with Crippen molar-refractivity contribution in [1.29, 1.82) is 0 Å². The van der Waals surface area contributed by atoms with Crippen molar-refractivity contribution in [3.63, 3.8) is 0 Å². The van der Waals surface area contributed by atoms with Crippen LogP contribution in [0.2, 0.25) is 0 Å². The van der Waals surface area contributed by atoms with Crippen molar-refractivity contribution in [3.8, 4) is 0 Å². The standard InChI is InChI=1S/C20H28N2O3/c23-19(14-16-6-8-20(9-7-16)24-12-13-25-20)22-11-10-21-18(15-22)17-4-2-1-3-5-17/h1-5,16,18,21H,6-15H2. The van der Waals surface area contributed by atoms with Crippen molar-refractivity contribution in [1.82, 2.24) is 10.2 Å². The van der Waals surface area contributed by atoms with Crippen molar-refractivity contribution < 1.29 is 14.3 Å². The Balaban J connectivity index is 1.29. The lowest BCUT2D eigenvalue weighted by Crippen LogP contribution is -2.48. The molecule has 1 saturated carbocycles. The predicted octanol–water partition coefficient (Wildman–Crippen LogP) is 2.48. The number of hydrogen-bond donors (Lipinski definition) is 1. The number of nitrogens with zero attached hydrogens (tertiary/aromatic N) is 1. The first-order valence-electron chi connectivity index (χ1n) is 9.58. The van der Waals surface area contributed by atoms with Gasteiger partial charge in [-0.1, -0.05) is 30.3 Å². The van der Waals surface area contributed by atoms with Gasteiger partial charge >= 0.3 is 0 Å². The first kappa shape index (κ1) is 17.0. The lowest BCUT2D eigenvalue weighted by atomic mass is 9.83. The zero-order valence-electron chi connectivity index (χ0n) is 14.8. The maximum absolute atomic E-state index is 12.8. The fraction of sp³-hybridized carbons (Fsp3) is 0.650. The number of carbonyl (C=O) groups excluding carboxylic acids is 1. The number of benzene rings is 1. The summed E-state index contributed by atoms with van der Waals surface area (Å²) in [6, 6.07) is 10.7. The molecule has 1 aliphatic carbocycles. The Labute approximate surface area is 149 Å². The maximum atomic E-state index is 12.8. The van der Waals surface area contributed by atoms with Crippen LogP contribution < -0.4 is 5.32 Å². The van der Waals surface area contributed by atoms with Gasteiger partial charge in [-0.3, -0.25) is 4.79 Å². The molecule has 1 aromatic rings. The molecule has 1 spiro atoms. The summed E-state index contributed by atoms with van der Waals surface area (Å²) < 4.78 is 11.6. The van der Waals surface area contributed by atoms with E-state index in [1.807, 2.05) is 11.0 Å². The third kappa shape index (κ3) is 3.89. The van der Waals surface area contributed by atoms with E-state index < -0.39 is 0 Å². The predicted molar refractivity (Wildman–Crippen MR) is 95.0 cm³/mol. The molecule has 0 radical (unpaired) electrons. The highest BCUT2D eigenvalue weighted by atomic mass is 16.7. The number of carbonyl (C=O) groups is 1. The minimum atomic E-state index is -0.326. The van der Waals surface area contributed by atoms with Crippen molar-refractivity contribution in [3.05, 3.63) is 35.9 Å². The zero-order valence-corrected chi connectivity index (χ0v) is 14.8. The number of nitrogens with one attached hydrogen (secondary N) is 1. The molecule has 5 nitrogen and oxygen atoms in total. The maximum Gasteiger partial charge on any atom is 0.222 e. The van der Waals surface area contributed by atoms with Gasteiger partial charge in [-0.25, -0.2) is 0 Å². The van der Waals surface area contributed by atoms with Crippen LogP contribution in [0.3, 0.4) is 0 Å². The Morgan fingerprint density at radius 1 is 1.16 bits per heavy atom. The fourth-order valence-electron chi connectivity index (χ4n) is 4.37. The summed E-state index contributed by atoms with van der Waals surface area (Å²) >= 11 is 0. The highest BCUT2D eigenvalue weighted by Gasteiger charge is 2.40. The smallest absolute Gasteiger partial charge is 0.222 e. The second-order valence-corrected chi connectivity index (χ2v) is 7.51. The molecule has 5 heteroatoms. The molecule has 1 N–H and O–H groups in total. The first-order chi connectivity index (χ1) is 12.2. The number of piperazine rings is 1. The van der Waals surface area contributed by atoms with Crippen LogP contribution in [0.1, 0.15) is 43.7 Å². The van der Waals surface area contributed by atoms with E-state index in [9.17, 15) is 4.79 Å². The van der Waals surface area contributed by atoms with E-state index in [1.165, 1.54) is 5.56 Å². The molecule has 136 valence electrons. The molecule has 4 rings (SSSR count). The number of amides is 1. The molecule has 1 aromatic carbocycles. The van der Waals surface area contributed by atoms with Crippen molar-refractivity contribution in [2.75, 3.05) is 32.8 Å². The van der Waals surface area contributed by atoms with Crippen LogP contribution in [0.4, 0.5) is 0 Å². The minimum Gasteiger partial charge on any atom is -0.348 e. The molecule has 3 aliphatic rings. The van der Waals surface area contributed by atoms with Crippen LogP contribution in [0.15, 0.2) is 30.3 Å². The zero-order chi connectivity index (χ0) is 17.1. The molecule has 0 aromatic heterocycles. The Bertz CT molecular complexity index is 576. The van der Waals surface area contributed by atoms with Gasteiger partial charge in [-0.15, -0.1) is 0 Å². The van der Waals surface area contributed by atoms with E-state index in [0.717, 1.165) is 45.3 Å². The Kier molecular flexibility index (Phi) is 5.06. The molecular formula is C20H28N2O3. The van der Waals surface area contributed by atoms with Gasteiger partial charge in [0.05, 0.1) is 13.2 Å². The second kappa shape index (κ2) is 7.44. The topological polar surface area (TPSA) is 50.8 Å². The third-order valence-corrected chi connectivity index (χ3v) is 5.87. The molecule has 1 unspecified atom stereocenters. The van der Waals surface area contributed by atoms with Gasteiger partial charge in [0, 0.05) is 44.9 Å². The SMILES string of the molecule is O=C(CC1CCC2(CC1)OCCO2)N1CCNC(c2ccccc2)C1. The third-order valence-electron chi connectivity index (χ3n) is 5.87. The lowest BCUT2D eigenvalue weighted by molar-refractivity contribution is -0.183. The van der Waals surface area contributed by atoms with Crippen LogP contribution in [-0.2, 0) is 14.3 Å². The van der Waals surface area contributed by atoms with E-state index in [-0.39, 0.29) is 11.8 Å². The number of ether oxygens (including phenoxy) is 2. The highest BCUT2D eigenvalue weighted by Crippen LogP contribution is 2.39. The summed E-state index contributed by atoms with van der Waals surface area (Å²) in [7, 11) is 0. The Hall–Kier alpha value is -1.43. The van der Waals surface area contributed by atoms with E-state index in [2.05, 4.69) is 29.6 Å². The van der Waals surface area contributed by atoms with Crippen LogP contribution in [-0.4, -0.2) is 49.4 Å². The van der Waals surface area contributed by atoms with Crippen LogP contribution in [0, 0.1) is 5.92 Å². The number of rotatable bonds is 3. The molecule has 2 heterocycles. The molecule has 2 aliphatic heterocycles. The van der Waals surface area contributed by atoms with Gasteiger partial charge in [-0.05, 0) is 24.3 Å². The monoisotopic (exact) mass is 344 g/mol. The Morgan fingerprint density at radius 2 is 1.88 bits per heavy atom. The molecule has 0 bridgehead atoms. The average molecular weight is 344 g/mol. The largest absolute Gasteiger partial charge is 0.348 e. The van der Waals surface area contributed by atoms with Crippen molar-refractivity contribution >= 4 is 5.91 Å². The van der Waals surface area contributed by atoms with Gasteiger partial charge in [0.1, 0.15) is 0 Å². The molecular weight excluding hydrogens is 316 g/mol. The van der Waals surface area contributed by atoms with Gasteiger partial charge < -0.3 is 19.7 Å². The summed E-state index contributed by atoms with van der Waals surface area (Å²) in [5.41, 5.74) is 1.26. The van der Waals surface area contributed by atoms with Crippen LogP contribution >= 0.6 is 0 Å². The van der Waals surface area contributed by atoms with E-state index >= 15 is 0 Å². The molecule has 25 heavy (non-hydrogen) atoms. The summed E-state index contributed by atoms with van der Waals surface area (Å²) in [6.07, 6.45) is 4.58. The fourth-order valence-corrected chi connectivity index (χ4v) is 4.37. The second-order valence-electron chi connectivity index (χ2n) is 7.51. The van der Waals surface area contributed by atoms with Crippen LogP contribution in [0.5, 0.6) is 0 Å². The highest BCUT2D eigenvalue weighted by molar-refractivity contribution is 5.76. The van der Waals surface area contributed by atoms with Crippen molar-refractivity contribution in [2.24, 2.45) is 5.92 Å². The molecule has 2 saturated heterocycles. The van der Waals surface area contributed by atoms with E-state index in [0.29, 0.717) is 31.5 Å². The lowest BCUT2D eigenvalue weighted by Gasteiger charge is -2.37. The quantitative estimate of drug-likeness (QED) is 0.915. The molecule has 3 fully saturated rings. The summed E-state index contributed by atoms with van der Waals surface area (Å²) in [5.74, 6) is 0.445. The van der Waals surface area contributed by atoms with Gasteiger partial charge in [0.2, 0.25) is 5.91 Å². The number of hydrogen-bond acceptors (Lipinski definition) is 4. The van der Waals surface area contributed by atoms with E-state index in [4.69, 9.17) is 9.47 Å². The summed E-state index contributed by atoms with van der Waals surface area (Å²) in [6.45, 7) is 3.87.